The van der Waals surface area contributed by atoms with Crippen LogP contribution in [0.1, 0.15) is 31.1 Å². The number of aromatic hydroxyl groups is 1. The van der Waals surface area contributed by atoms with Gasteiger partial charge >= 0.3 is 11.9 Å². The Labute approximate surface area is 157 Å². The van der Waals surface area contributed by atoms with Crippen LogP contribution >= 0.6 is 0 Å². The Morgan fingerprint density at radius 2 is 1.44 bits per heavy atom. The summed E-state index contributed by atoms with van der Waals surface area (Å²) in [7, 11) is 0. The van der Waals surface area contributed by atoms with Gasteiger partial charge in [0.25, 0.3) is 0 Å². The van der Waals surface area contributed by atoms with E-state index in [0.717, 1.165) is 12.0 Å². The van der Waals surface area contributed by atoms with Gasteiger partial charge in [-0.2, -0.15) is 0 Å². The number of hydrogen-bond acceptors (Lipinski definition) is 5. The van der Waals surface area contributed by atoms with Gasteiger partial charge in [-0.15, -0.1) is 0 Å². The summed E-state index contributed by atoms with van der Waals surface area (Å²) in [5, 5.41) is 37.9. The number of carbonyl (C=O) groups is 2. The molecule has 2 aromatic rings. The van der Waals surface area contributed by atoms with Crippen molar-refractivity contribution in [3.63, 3.8) is 0 Å². The van der Waals surface area contributed by atoms with Crippen LogP contribution in [-0.4, -0.2) is 44.4 Å². The molecule has 5 N–H and O–H groups in total. The van der Waals surface area contributed by atoms with Crippen molar-refractivity contribution in [3.05, 3.63) is 65.7 Å². The van der Waals surface area contributed by atoms with Crippen molar-refractivity contribution in [2.24, 2.45) is 0 Å². The molecule has 2 aromatic carbocycles. The molecule has 0 aliphatic rings. The largest absolute Gasteiger partial charge is 0.508 e. The number of benzene rings is 2. The summed E-state index contributed by atoms with van der Waals surface area (Å²) in [5.74, 6) is -3.44. The molecule has 2 rings (SSSR count). The zero-order valence-corrected chi connectivity index (χ0v) is 15.2. The van der Waals surface area contributed by atoms with Crippen molar-refractivity contribution in [3.8, 4) is 5.75 Å². The first-order valence-electron chi connectivity index (χ1n) is 8.44. The van der Waals surface area contributed by atoms with Crippen LogP contribution in [0.15, 0.2) is 54.6 Å². The van der Waals surface area contributed by atoms with Crippen molar-refractivity contribution in [1.29, 1.82) is 0 Å². The maximum atomic E-state index is 10.4. The van der Waals surface area contributed by atoms with Gasteiger partial charge < -0.3 is 25.7 Å². The van der Waals surface area contributed by atoms with E-state index in [1.165, 1.54) is 5.56 Å². The average Bonchev–Trinajstić information content (AvgIpc) is 2.63. The smallest absolute Gasteiger partial charge is 0.414 e. The number of rotatable bonds is 6. The Balaban J connectivity index is 0.000000527. The summed E-state index contributed by atoms with van der Waals surface area (Å²) in [5.41, 5.74) is 2.09. The second-order valence-corrected chi connectivity index (χ2v) is 6.19. The summed E-state index contributed by atoms with van der Waals surface area (Å²) < 4.78 is 0. The first-order chi connectivity index (χ1) is 12.7. The maximum Gasteiger partial charge on any atom is 0.414 e. The molecule has 0 aromatic heterocycles. The summed E-state index contributed by atoms with van der Waals surface area (Å²) >= 11 is 0. The van der Waals surface area contributed by atoms with Gasteiger partial charge in [0.2, 0.25) is 0 Å². The highest BCUT2D eigenvalue weighted by Gasteiger charge is 2.18. The number of carboxylic acids is 2. The number of phenolic OH excluding ortho intramolecular Hbond substituents is 1. The molecule has 146 valence electrons. The number of nitrogens with one attached hydrogen (secondary N) is 1. The number of carboxylic acid groups (broad SMARTS) is 2. The molecule has 0 radical (unpaired) electrons. The predicted octanol–water partition coefficient (Wildman–Crippen LogP) is 2.19. The Morgan fingerprint density at radius 3 is 1.93 bits per heavy atom. The first kappa shape index (κ1) is 22.1. The lowest BCUT2D eigenvalue weighted by molar-refractivity contribution is -0.159. The number of phenols is 1. The second kappa shape index (κ2) is 10.9. The fraction of sp³-hybridized carbons (Fsp3) is 0.300. The highest BCUT2D eigenvalue weighted by Crippen LogP contribution is 2.20. The van der Waals surface area contributed by atoms with Gasteiger partial charge in [-0.1, -0.05) is 42.5 Å². The molecule has 0 saturated carbocycles. The monoisotopic (exact) mass is 375 g/mol. The standard InChI is InChI=1S/C18H23NO2.C2H2O4/c1-13(12-15-6-4-3-5-7-15)19-14(2)18(21)16-8-10-17(20)11-9-16;3-1(4)2(5)6/h3-11,13-14,18-21H,12H2,1-2H3;(H,3,4)(H,5,6). The first-order valence-corrected chi connectivity index (χ1v) is 8.44. The maximum absolute atomic E-state index is 10.4. The summed E-state index contributed by atoms with van der Waals surface area (Å²) in [6, 6.07) is 17.2. The number of aliphatic hydroxyl groups is 1. The van der Waals surface area contributed by atoms with Gasteiger partial charge in [-0.3, -0.25) is 0 Å². The fourth-order valence-electron chi connectivity index (χ4n) is 2.53. The molecule has 0 aliphatic heterocycles. The molecule has 0 amide bonds. The third-order valence-corrected chi connectivity index (χ3v) is 3.82. The Bertz CT molecular complexity index is 705. The molecule has 0 saturated heterocycles. The van der Waals surface area contributed by atoms with Crippen LogP contribution in [0.3, 0.4) is 0 Å². The van der Waals surface area contributed by atoms with Crippen LogP contribution in [-0.2, 0) is 16.0 Å². The lowest BCUT2D eigenvalue weighted by atomic mass is 10.0. The quantitative estimate of drug-likeness (QED) is 0.490. The van der Waals surface area contributed by atoms with Gasteiger partial charge in [0.05, 0.1) is 6.10 Å². The van der Waals surface area contributed by atoms with Gasteiger partial charge in [0, 0.05) is 12.1 Å². The highest BCUT2D eigenvalue weighted by atomic mass is 16.4. The molecule has 7 nitrogen and oxygen atoms in total. The molecule has 0 heterocycles. The van der Waals surface area contributed by atoms with Crippen molar-refractivity contribution in [1.82, 2.24) is 5.32 Å². The summed E-state index contributed by atoms with van der Waals surface area (Å²) in [4.78, 5) is 18.2. The molecule has 27 heavy (non-hydrogen) atoms. The van der Waals surface area contributed by atoms with Gasteiger partial charge in [-0.25, -0.2) is 9.59 Å². The summed E-state index contributed by atoms with van der Waals surface area (Å²) in [6.45, 7) is 4.09. The third kappa shape index (κ3) is 8.35. The Hall–Kier alpha value is -2.90. The van der Waals surface area contributed by atoms with Crippen LogP contribution < -0.4 is 5.32 Å². The van der Waals surface area contributed by atoms with Gasteiger partial charge in [-0.05, 0) is 43.5 Å². The molecule has 0 fully saturated rings. The van der Waals surface area contributed by atoms with E-state index in [9.17, 15) is 10.2 Å². The van der Waals surface area contributed by atoms with E-state index >= 15 is 0 Å². The molecular weight excluding hydrogens is 350 g/mol. The average molecular weight is 375 g/mol. The number of hydrogen-bond donors (Lipinski definition) is 5. The summed E-state index contributed by atoms with van der Waals surface area (Å²) in [6.07, 6.45) is 0.330. The normalized spacial score (nSPS) is 13.6. The molecule has 0 bridgehead atoms. The van der Waals surface area contributed by atoms with Crippen molar-refractivity contribution < 1.29 is 30.0 Å². The van der Waals surface area contributed by atoms with E-state index in [2.05, 4.69) is 24.4 Å². The van der Waals surface area contributed by atoms with E-state index < -0.39 is 18.0 Å². The lowest BCUT2D eigenvalue weighted by Crippen LogP contribution is -2.39. The zero-order chi connectivity index (χ0) is 20.4. The van der Waals surface area contributed by atoms with Crippen LogP contribution in [0, 0.1) is 0 Å². The van der Waals surface area contributed by atoms with Crippen molar-refractivity contribution in [2.45, 2.75) is 38.5 Å². The van der Waals surface area contributed by atoms with Gasteiger partial charge in [0.15, 0.2) is 0 Å². The second-order valence-electron chi connectivity index (χ2n) is 6.19. The van der Waals surface area contributed by atoms with Crippen LogP contribution in [0.4, 0.5) is 0 Å². The molecule has 0 spiro atoms. The molecule has 3 atom stereocenters. The predicted molar refractivity (Wildman–Crippen MR) is 101 cm³/mol. The van der Waals surface area contributed by atoms with Crippen molar-refractivity contribution in [2.75, 3.05) is 0 Å². The van der Waals surface area contributed by atoms with Crippen LogP contribution in [0.5, 0.6) is 5.75 Å². The Kier molecular flexibility index (Phi) is 8.98. The molecule has 3 unspecified atom stereocenters. The minimum absolute atomic E-state index is 0.0618. The minimum atomic E-state index is -1.82. The van der Waals surface area contributed by atoms with Crippen LogP contribution in [0.25, 0.3) is 0 Å². The Morgan fingerprint density at radius 1 is 0.926 bits per heavy atom. The number of aliphatic carboxylic acids is 2. The van der Waals surface area contributed by atoms with E-state index in [-0.39, 0.29) is 17.8 Å². The third-order valence-electron chi connectivity index (χ3n) is 3.82. The topological polar surface area (TPSA) is 127 Å². The van der Waals surface area contributed by atoms with E-state index in [1.807, 2.05) is 25.1 Å². The van der Waals surface area contributed by atoms with Crippen molar-refractivity contribution >= 4 is 11.9 Å². The van der Waals surface area contributed by atoms with E-state index in [0.29, 0.717) is 0 Å². The highest BCUT2D eigenvalue weighted by molar-refractivity contribution is 6.27. The fourth-order valence-corrected chi connectivity index (χ4v) is 2.53. The minimum Gasteiger partial charge on any atom is -0.508 e. The van der Waals surface area contributed by atoms with Crippen LogP contribution in [0.2, 0.25) is 0 Å². The van der Waals surface area contributed by atoms with E-state index in [1.54, 1.807) is 24.3 Å². The molecule has 7 heteroatoms. The zero-order valence-electron chi connectivity index (χ0n) is 15.2. The SMILES string of the molecule is CC(Cc1ccccc1)NC(C)C(O)c1ccc(O)cc1.O=C(O)C(=O)O. The molecular formula is C20H25NO6. The van der Waals surface area contributed by atoms with Gasteiger partial charge in [0.1, 0.15) is 5.75 Å². The molecule has 0 aliphatic carbocycles. The van der Waals surface area contributed by atoms with E-state index in [4.69, 9.17) is 19.8 Å². The lowest BCUT2D eigenvalue weighted by Gasteiger charge is -2.25. The number of aliphatic hydroxyl groups excluding tert-OH is 1.